The van der Waals surface area contributed by atoms with Gasteiger partial charge in [-0.05, 0) is 38.5 Å². The number of nitrogens with one attached hydrogen (secondary N) is 2. The van der Waals surface area contributed by atoms with Gasteiger partial charge in [-0.25, -0.2) is 17.9 Å². The van der Waals surface area contributed by atoms with E-state index in [2.05, 4.69) is 9.71 Å². The third-order valence-corrected chi connectivity index (χ3v) is 5.24. The molecule has 2 N–H and O–H groups in total. The summed E-state index contributed by atoms with van der Waals surface area (Å²) in [6, 6.07) is 7.07. The van der Waals surface area contributed by atoms with E-state index in [9.17, 15) is 13.2 Å². The molecule has 0 saturated heterocycles. The fourth-order valence-electron chi connectivity index (χ4n) is 2.58. The van der Waals surface area contributed by atoms with Crippen molar-refractivity contribution in [3.63, 3.8) is 0 Å². The number of aromatic amines is 1. The van der Waals surface area contributed by atoms with Crippen LogP contribution in [-0.4, -0.2) is 33.1 Å². The van der Waals surface area contributed by atoms with Crippen LogP contribution >= 0.6 is 0 Å². The number of hydrogen-bond donors (Lipinski definition) is 2. The highest BCUT2D eigenvalue weighted by atomic mass is 32.2. The van der Waals surface area contributed by atoms with Gasteiger partial charge in [0.25, 0.3) is 0 Å². The number of ether oxygens (including phenoxy) is 2. The van der Waals surface area contributed by atoms with Gasteiger partial charge in [-0.3, -0.25) is 0 Å². The van der Waals surface area contributed by atoms with Crippen LogP contribution in [0.15, 0.2) is 29.2 Å². The second-order valence-corrected chi connectivity index (χ2v) is 7.18. The molecule has 0 radical (unpaired) electrons. The number of rotatable bonds is 7. The van der Waals surface area contributed by atoms with Crippen molar-refractivity contribution < 1.29 is 22.7 Å². The molecule has 0 spiro atoms. The van der Waals surface area contributed by atoms with Gasteiger partial charge in [0.2, 0.25) is 10.0 Å². The van der Waals surface area contributed by atoms with Crippen LogP contribution in [0.2, 0.25) is 0 Å². The Morgan fingerprint density at radius 2 is 1.96 bits per heavy atom. The van der Waals surface area contributed by atoms with E-state index in [1.165, 1.54) is 0 Å². The fourth-order valence-corrected chi connectivity index (χ4v) is 4.04. The van der Waals surface area contributed by atoms with Crippen LogP contribution in [0.5, 0.6) is 5.75 Å². The summed E-state index contributed by atoms with van der Waals surface area (Å²) in [5.41, 5.74) is 1.62. The van der Waals surface area contributed by atoms with E-state index < -0.39 is 16.0 Å². The number of H-pyrrole nitrogens is 1. The van der Waals surface area contributed by atoms with Crippen molar-refractivity contribution in [1.82, 2.24) is 9.71 Å². The molecule has 0 aliphatic carbocycles. The quantitative estimate of drug-likeness (QED) is 0.733. The molecule has 0 fully saturated rings. The normalized spacial score (nSPS) is 11.4. The smallest absolute Gasteiger partial charge is 0.341 e. The summed E-state index contributed by atoms with van der Waals surface area (Å²) in [6.07, 6.45) is 0. The van der Waals surface area contributed by atoms with Crippen LogP contribution in [0.25, 0.3) is 0 Å². The molecule has 25 heavy (non-hydrogen) atoms. The molecule has 8 heteroatoms. The highest BCUT2D eigenvalue weighted by molar-refractivity contribution is 7.89. The molecule has 136 valence electrons. The summed E-state index contributed by atoms with van der Waals surface area (Å²) in [7, 11) is -2.36. The van der Waals surface area contributed by atoms with Gasteiger partial charge in [-0.1, -0.05) is 12.1 Å². The molecule has 1 aromatic heterocycles. The highest BCUT2D eigenvalue weighted by Crippen LogP contribution is 2.25. The average Bonchev–Trinajstić information content (AvgIpc) is 2.88. The Morgan fingerprint density at radius 3 is 2.60 bits per heavy atom. The van der Waals surface area contributed by atoms with Gasteiger partial charge in [0.1, 0.15) is 16.2 Å². The van der Waals surface area contributed by atoms with Crippen molar-refractivity contribution in [2.75, 3.05) is 13.7 Å². The Morgan fingerprint density at radius 1 is 1.24 bits per heavy atom. The van der Waals surface area contributed by atoms with Crippen LogP contribution in [0.4, 0.5) is 0 Å². The molecule has 0 aliphatic heterocycles. The molecule has 1 heterocycles. The first kappa shape index (κ1) is 19.0. The topological polar surface area (TPSA) is 97.5 Å². The van der Waals surface area contributed by atoms with Crippen LogP contribution in [0, 0.1) is 13.8 Å². The lowest BCUT2D eigenvalue weighted by atomic mass is 10.2. The summed E-state index contributed by atoms with van der Waals surface area (Å²) in [5.74, 6) is -0.0244. The number of benzene rings is 1. The van der Waals surface area contributed by atoms with Gasteiger partial charge in [-0.15, -0.1) is 0 Å². The molecule has 0 aliphatic rings. The Labute approximate surface area is 147 Å². The molecule has 0 unspecified atom stereocenters. The summed E-state index contributed by atoms with van der Waals surface area (Å²) in [6.45, 7) is 5.16. The van der Waals surface area contributed by atoms with E-state index in [0.29, 0.717) is 17.1 Å². The minimum Gasteiger partial charge on any atom is -0.497 e. The lowest BCUT2D eigenvalue weighted by Crippen LogP contribution is -2.25. The Hall–Kier alpha value is -2.32. The van der Waals surface area contributed by atoms with Crippen LogP contribution in [0.1, 0.15) is 34.2 Å². The molecular formula is C17H22N2O5S. The SMILES string of the molecule is CCOC(=O)c1c(C)[nH]c(C)c1S(=O)(=O)NCc1cccc(OC)c1. The lowest BCUT2D eigenvalue weighted by molar-refractivity contribution is 0.0521. The van der Waals surface area contributed by atoms with Gasteiger partial charge in [0.15, 0.2) is 0 Å². The summed E-state index contributed by atoms with van der Waals surface area (Å²) < 4.78 is 38.1. The van der Waals surface area contributed by atoms with E-state index in [4.69, 9.17) is 9.47 Å². The molecule has 0 atom stereocenters. The van der Waals surface area contributed by atoms with E-state index in [0.717, 1.165) is 5.56 Å². The maximum absolute atomic E-state index is 12.8. The second-order valence-electron chi connectivity index (χ2n) is 5.48. The first-order valence-corrected chi connectivity index (χ1v) is 9.27. The van der Waals surface area contributed by atoms with Crippen molar-refractivity contribution in [1.29, 1.82) is 0 Å². The first-order valence-electron chi connectivity index (χ1n) is 7.79. The number of methoxy groups -OCH3 is 1. The predicted molar refractivity (Wildman–Crippen MR) is 93.2 cm³/mol. The molecule has 1 aromatic carbocycles. The summed E-state index contributed by atoms with van der Waals surface area (Å²) >= 11 is 0. The highest BCUT2D eigenvalue weighted by Gasteiger charge is 2.29. The van der Waals surface area contributed by atoms with E-state index in [1.54, 1.807) is 52.1 Å². The Kier molecular flexibility index (Phi) is 5.86. The number of aryl methyl sites for hydroxylation is 2. The lowest BCUT2D eigenvalue weighted by Gasteiger charge is -2.10. The van der Waals surface area contributed by atoms with Crippen molar-refractivity contribution in [3.8, 4) is 5.75 Å². The maximum atomic E-state index is 12.8. The van der Waals surface area contributed by atoms with E-state index in [1.807, 2.05) is 0 Å². The predicted octanol–water partition coefficient (Wildman–Crippen LogP) is 2.30. The summed E-state index contributed by atoms with van der Waals surface area (Å²) in [4.78, 5) is 15.0. The fraction of sp³-hybridized carbons (Fsp3) is 0.353. The van der Waals surface area contributed by atoms with Gasteiger partial charge < -0.3 is 14.5 Å². The third-order valence-electron chi connectivity index (χ3n) is 3.67. The molecule has 2 aromatic rings. The number of aromatic nitrogens is 1. The number of carbonyl (C=O) groups excluding carboxylic acids is 1. The van der Waals surface area contributed by atoms with E-state index in [-0.39, 0.29) is 23.6 Å². The largest absolute Gasteiger partial charge is 0.497 e. The van der Waals surface area contributed by atoms with Gasteiger partial charge >= 0.3 is 5.97 Å². The third kappa shape index (κ3) is 4.21. The number of esters is 1. The summed E-state index contributed by atoms with van der Waals surface area (Å²) in [5, 5.41) is 0. The Bertz CT molecular complexity index is 871. The second kappa shape index (κ2) is 7.71. The number of hydrogen-bond acceptors (Lipinski definition) is 5. The standard InChI is InChI=1S/C17H22N2O5S/c1-5-24-17(20)15-11(2)19-12(3)16(15)25(21,22)18-10-13-7-6-8-14(9-13)23-4/h6-9,18-19H,5,10H2,1-4H3. The van der Waals surface area contributed by atoms with Crippen LogP contribution in [0.3, 0.4) is 0 Å². The number of sulfonamides is 1. The zero-order valence-corrected chi connectivity index (χ0v) is 15.5. The molecule has 2 rings (SSSR count). The van der Waals surface area contributed by atoms with Crippen molar-refractivity contribution in [2.24, 2.45) is 0 Å². The molecule has 0 amide bonds. The van der Waals surface area contributed by atoms with Crippen LogP contribution < -0.4 is 9.46 Å². The zero-order valence-electron chi connectivity index (χ0n) is 14.7. The van der Waals surface area contributed by atoms with Gasteiger partial charge in [-0.2, -0.15) is 0 Å². The minimum absolute atomic E-state index is 0.0393. The van der Waals surface area contributed by atoms with Crippen LogP contribution in [-0.2, 0) is 21.3 Å². The minimum atomic E-state index is -3.90. The maximum Gasteiger partial charge on any atom is 0.341 e. The zero-order chi connectivity index (χ0) is 18.6. The van der Waals surface area contributed by atoms with Crippen molar-refractivity contribution in [3.05, 3.63) is 46.8 Å². The first-order chi connectivity index (χ1) is 11.8. The Balaban J connectivity index is 2.31. The average molecular weight is 366 g/mol. The molecule has 0 bridgehead atoms. The van der Waals surface area contributed by atoms with E-state index >= 15 is 0 Å². The van der Waals surface area contributed by atoms with Crippen molar-refractivity contribution >= 4 is 16.0 Å². The van der Waals surface area contributed by atoms with Crippen molar-refractivity contribution in [2.45, 2.75) is 32.2 Å². The van der Waals surface area contributed by atoms with Gasteiger partial charge in [0, 0.05) is 17.9 Å². The molecule has 0 saturated carbocycles. The molecular weight excluding hydrogens is 344 g/mol. The van der Waals surface area contributed by atoms with Gasteiger partial charge in [0.05, 0.1) is 13.7 Å². The monoisotopic (exact) mass is 366 g/mol. The molecule has 7 nitrogen and oxygen atoms in total. The number of carbonyl (C=O) groups is 1.